The first kappa shape index (κ1) is 17.5. The number of hydrogen-bond acceptors (Lipinski definition) is 4. The third-order valence-corrected chi connectivity index (χ3v) is 5.68. The van der Waals surface area contributed by atoms with Crippen LogP contribution in [-0.4, -0.2) is 20.6 Å². The lowest BCUT2D eigenvalue weighted by molar-refractivity contribution is -0.117. The van der Waals surface area contributed by atoms with Crippen molar-refractivity contribution in [3.63, 3.8) is 0 Å². The standard InChI is InChI=1S/C21H19N3O2S/c22-20(25)11-18-17(9-14-5-2-1-3-6-14)23-13-24(18)12-15-7-4-8-19-16(15)10-21(26)27-19/h1-8,13H,9-12H2,(H2,22,25). The number of nitrogens with zero attached hydrogens (tertiary/aromatic N) is 2. The number of hydrogen-bond donors (Lipinski definition) is 1. The Bertz CT molecular complexity index is 1010. The van der Waals surface area contributed by atoms with Gasteiger partial charge in [-0.05, 0) is 22.8 Å². The van der Waals surface area contributed by atoms with Gasteiger partial charge in [0.25, 0.3) is 0 Å². The number of fused-ring (bicyclic) bond motifs is 1. The van der Waals surface area contributed by atoms with Crippen LogP contribution in [0.4, 0.5) is 0 Å². The highest BCUT2D eigenvalue weighted by Crippen LogP contribution is 2.35. The Hall–Kier alpha value is -2.86. The second kappa shape index (κ2) is 7.40. The molecule has 0 saturated carbocycles. The second-order valence-corrected chi connectivity index (χ2v) is 7.72. The van der Waals surface area contributed by atoms with E-state index < -0.39 is 0 Å². The Morgan fingerprint density at radius 3 is 2.74 bits per heavy atom. The van der Waals surface area contributed by atoms with Crippen LogP contribution in [-0.2, 0) is 35.4 Å². The molecule has 5 nitrogen and oxygen atoms in total. The SMILES string of the molecule is NC(=O)Cc1c(Cc2ccccc2)ncn1Cc1cccc2c1CC(=O)S2. The van der Waals surface area contributed by atoms with Crippen molar-refractivity contribution in [2.24, 2.45) is 5.73 Å². The fourth-order valence-corrected chi connectivity index (χ4v) is 4.37. The van der Waals surface area contributed by atoms with Gasteiger partial charge in [0.2, 0.25) is 5.91 Å². The highest BCUT2D eigenvalue weighted by Gasteiger charge is 2.23. The first-order chi connectivity index (χ1) is 13.1. The van der Waals surface area contributed by atoms with E-state index in [-0.39, 0.29) is 17.4 Å². The van der Waals surface area contributed by atoms with E-state index in [1.165, 1.54) is 11.8 Å². The van der Waals surface area contributed by atoms with Gasteiger partial charge in [0.15, 0.2) is 5.12 Å². The van der Waals surface area contributed by atoms with Gasteiger partial charge in [0, 0.05) is 24.3 Å². The van der Waals surface area contributed by atoms with Crippen LogP contribution in [0.3, 0.4) is 0 Å². The topological polar surface area (TPSA) is 78.0 Å². The average molecular weight is 377 g/mol. The maximum atomic E-state index is 11.8. The van der Waals surface area contributed by atoms with E-state index >= 15 is 0 Å². The van der Waals surface area contributed by atoms with E-state index in [1.54, 1.807) is 6.33 Å². The second-order valence-electron chi connectivity index (χ2n) is 6.62. The molecule has 4 rings (SSSR count). The third kappa shape index (κ3) is 3.80. The van der Waals surface area contributed by atoms with Crippen molar-refractivity contribution in [1.82, 2.24) is 9.55 Å². The van der Waals surface area contributed by atoms with Crippen molar-refractivity contribution in [3.8, 4) is 0 Å². The Labute approximate surface area is 161 Å². The van der Waals surface area contributed by atoms with Crippen LogP contribution in [0.25, 0.3) is 0 Å². The van der Waals surface area contributed by atoms with E-state index in [9.17, 15) is 9.59 Å². The first-order valence-electron chi connectivity index (χ1n) is 8.76. The van der Waals surface area contributed by atoms with Crippen LogP contribution in [0.15, 0.2) is 59.8 Å². The molecule has 2 heterocycles. The fraction of sp³-hybridized carbons (Fsp3) is 0.190. The van der Waals surface area contributed by atoms with Gasteiger partial charge in [0.1, 0.15) is 0 Å². The molecule has 0 spiro atoms. The molecule has 0 fully saturated rings. The molecule has 1 aromatic heterocycles. The molecule has 0 unspecified atom stereocenters. The highest BCUT2D eigenvalue weighted by molar-refractivity contribution is 8.14. The maximum Gasteiger partial charge on any atom is 0.223 e. The van der Waals surface area contributed by atoms with Gasteiger partial charge in [-0.1, -0.05) is 54.2 Å². The zero-order valence-electron chi connectivity index (χ0n) is 14.7. The van der Waals surface area contributed by atoms with Crippen LogP contribution < -0.4 is 5.73 Å². The lowest BCUT2D eigenvalue weighted by Gasteiger charge is -2.12. The van der Waals surface area contributed by atoms with Gasteiger partial charge in [-0.3, -0.25) is 9.59 Å². The molecule has 6 heteroatoms. The summed E-state index contributed by atoms with van der Waals surface area (Å²) in [4.78, 5) is 29.0. The number of primary amides is 1. The lowest BCUT2D eigenvalue weighted by Crippen LogP contribution is -2.18. The van der Waals surface area contributed by atoms with E-state index in [1.807, 2.05) is 53.1 Å². The van der Waals surface area contributed by atoms with Crippen LogP contribution in [0, 0.1) is 0 Å². The van der Waals surface area contributed by atoms with E-state index in [4.69, 9.17) is 5.73 Å². The number of rotatable bonds is 6. The molecule has 2 aromatic carbocycles. The van der Waals surface area contributed by atoms with Gasteiger partial charge in [-0.15, -0.1) is 0 Å². The van der Waals surface area contributed by atoms with Crippen LogP contribution >= 0.6 is 11.8 Å². The average Bonchev–Trinajstić information content (AvgIpc) is 3.20. The molecule has 0 atom stereocenters. The molecule has 1 aliphatic rings. The minimum Gasteiger partial charge on any atom is -0.369 e. The first-order valence-corrected chi connectivity index (χ1v) is 9.58. The molecule has 3 aromatic rings. The number of aromatic nitrogens is 2. The number of amides is 1. The molecule has 1 aliphatic heterocycles. The van der Waals surface area contributed by atoms with Gasteiger partial charge < -0.3 is 10.3 Å². The molecule has 136 valence electrons. The largest absolute Gasteiger partial charge is 0.369 e. The number of benzene rings is 2. The molecule has 2 N–H and O–H groups in total. The van der Waals surface area contributed by atoms with Gasteiger partial charge in [-0.25, -0.2) is 4.98 Å². The molecule has 0 radical (unpaired) electrons. The number of carbonyl (C=O) groups excluding carboxylic acids is 2. The summed E-state index contributed by atoms with van der Waals surface area (Å²) >= 11 is 1.30. The molecule has 1 amide bonds. The summed E-state index contributed by atoms with van der Waals surface area (Å²) in [6, 6.07) is 16.0. The molecule has 0 aliphatic carbocycles. The zero-order chi connectivity index (χ0) is 18.8. The number of nitrogens with two attached hydrogens (primary N) is 1. The number of imidazole rings is 1. The minimum absolute atomic E-state index is 0.144. The Balaban J connectivity index is 1.66. The summed E-state index contributed by atoms with van der Waals surface area (Å²) in [6.07, 6.45) is 3.01. The van der Waals surface area contributed by atoms with E-state index in [0.717, 1.165) is 33.0 Å². The summed E-state index contributed by atoms with van der Waals surface area (Å²) < 4.78 is 1.98. The van der Waals surface area contributed by atoms with Crippen LogP contribution in [0.5, 0.6) is 0 Å². The zero-order valence-corrected chi connectivity index (χ0v) is 15.5. The monoisotopic (exact) mass is 377 g/mol. The summed E-state index contributed by atoms with van der Waals surface area (Å²) in [5, 5.41) is 0.171. The van der Waals surface area contributed by atoms with Gasteiger partial charge in [-0.2, -0.15) is 0 Å². The van der Waals surface area contributed by atoms with Crippen molar-refractivity contribution in [1.29, 1.82) is 0 Å². The highest BCUT2D eigenvalue weighted by atomic mass is 32.2. The minimum atomic E-state index is -0.380. The molecule has 0 bridgehead atoms. The normalized spacial score (nSPS) is 13.0. The Morgan fingerprint density at radius 1 is 1.15 bits per heavy atom. The van der Waals surface area contributed by atoms with Crippen molar-refractivity contribution in [2.75, 3.05) is 0 Å². The summed E-state index contributed by atoms with van der Waals surface area (Å²) in [7, 11) is 0. The van der Waals surface area contributed by atoms with E-state index in [0.29, 0.717) is 19.4 Å². The Kier molecular flexibility index (Phi) is 4.81. The molecular weight excluding hydrogens is 358 g/mol. The predicted molar refractivity (Wildman–Crippen MR) is 104 cm³/mol. The molecule has 27 heavy (non-hydrogen) atoms. The number of thioether (sulfide) groups is 1. The lowest BCUT2D eigenvalue weighted by atomic mass is 10.0. The van der Waals surface area contributed by atoms with E-state index in [2.05, 4.69) is 4.98 Å². The molecular formula is C21H19N3O2S. The maximum absolute atomic E-state index is 11.8. The van der Waals surface area contributed by atoms with Crippen LogP contribution in [0.2, 0.25) is 0 Å². The summed E-state index contributed by atoms with van der Waals surface area (Å²) in [5.74, 6) is -0.380. The van der Waals surface area contributed by atoms with Crippen molar-refractivity contribution in [2.45, 2.75) is 30.7 Å². The van der Waals surface area contributed by atoms with Crippen molar-refractivity contribution in [3.05, 3.63) is 82.9 Å². The van der Waals surface area contributed by atoms with Crippen LogP contribution in [0.1, 0.15) is 28.1 Å². The van der Waals surface area contributed by atoms with Gasteiger partial charge in [0.05, 0.1) is 24.1 Å². The third-order valence-electron chi connectivity index (χ3n) is 4.70. The van der Waals surface area contributed by atoms with Crippen molar-refractivity contribution < 1.29 is 9.59 Å². The quantitative estimate of drug-likeness (QED) is 0.716. The predicted octanol–water partition coefficient (Wildman–Crippen LogP) is 2.72. The number of carbonyl (C=O) groups is 2. The Morgan fingerprint density at radius 2 is 1.96 bits per heavy atom. The summed E-state index contributed by atoms with van der Waals surface area (Å²) in [5.41, 5.74) is 10.5. The summed E-state index contributed by atoms with van der Waals surface area (Å²) in [6.45, 7) is 0.571. The van der Waals surface area contributed by atoms with Crippen molar-refractivity contribution >= 4 is 22.8 Å². The smallest absolute Gasteiger partial charge is 0.223 e. The fourth-order valence-electron chi connectivity index (χ4n) is 3.43. The molecule has 0 saturated heterocycles. The van der Waals surface area contributed by atoms with Gasteiger partial charge >= 0.3 is 0 Å².